The van der Waals surface area contributed by atoms with Crippen LogP contribution in [0.3, 0.4) is 0 Å². The highest BCUT2D eigenvalue weighted by Gasteiger charge is 2.53. The normalized spacial score (nSPS) is 27.8. The molecule has 26 heavy (non-hydrogen) atoms. The summed E-state index contributed by atoms with van der Waals surface area (Å²) in [6, 6.07) is 0. The minimum atomic E-state index is -0.914. The second-order valence-electron chi connectivity index (χ2n) is 8.19. The van der Waals surface area contributed by atoms with Gasteiger partial charge in [-0.05, 0) is 50.4 Å². The molecule has 4 nitrogen and oxygen atoms in total. The van der Waals surface area contributed by atoms with E-state index in [9.17, 15) is 19.8 Å². The van der Waals surface area contributed by atoms with Crippen LogP contribution in [0.4, 0.5) is 0 Å². The molecule has 0 aromatic rings. The van der Waals surface area contributed by atoms with Crippen molar-refractivity contribution in [2.24, 2.45) is 23.7 Å². The van der Waals surface area contributed by atoms with Crippen LogP contribution in [-0.4, -0.2) is 22.2 Å². The summed E-state index contributed by atoms with van der Waals surface area (Å²) in [5.74, 6) is -3.40. The second-order valence-corrected chi connectivity index (χ2v) is 8.19. The van der Waals surface area contributed by atoms with E-state index in [4.69, 9.17) is 0 Å². The standard InChI is InChI=1S/C22H36O4/c1-3-5-7-9-11-15-16(12-10-8-6-4-2)18-14-13-17(15)19(21(23)24)20(18)22(25)26/h17-20H,3-14H2,1-2H3,(H,23,24)(H,25,26). The lowest BCUT2D eigenvalue weighted by Gasteiger charge is -2.48. The van der Waals surface area contributed by atoms with Gasteiger partial charge in [0, 0.05) is 0 Å². The molecule has 4 atom stereocenters. The number of hydrogen-bond acceptors (Lipinski definition) is 2. The molecule has 0 amide bonds. The zero-order chi connectivity index (χ0) is 19.1. The second kappa shape index (κ2) is 10.1. The van der Waals surface area contributed by atoms with Gasteiger partial charge in [-0.3, -0.25) is 9.59 Å². The van der Waals surface area contributed by atoms with E-state index in [1.807, 2.05) is 0 Å². The fraction of sp³-hybridized carbons (Fsp3) is 0.818. The average molecular weight is 365 g/mol. The number of carbonyl (C=O) groups is 2. The van der Waals surface area contributed by atoms with Crippen molar-refractivity contribution < 1.29 is 19.8 Å². The zero-order valence-corrected chi connectivity index (χ0v) is 16.5. The maximum Gasteiger partial charge on any atom is 0.308 e. The van der Waals surface area contributed by atoms with Crippen LogP contribution in [0.2, 0.25) is 0 Å². The molecule has 2 bridgehead atoms. The Balaban J connectivity index is 2.25. The maximum absolute atomic E-state index is 11.9. The maximum atomic E-state index is 11.9. The van der Waals surface area contributed by atoms with E-state index in [0.29, 0.717) is 0 Å². The van der Waals surface area contributed by atoms with Crippen molar-refractivity contribution in [3.63, 3.8) is 0 Å². The van der Waals surface area contributed by atoms with Crippen molar-refractivity contribution >= 4 is 11.9 Å². The Bertz CT molecular complexity index is 476. The van der Waals surface area contributed by atoms with Gasteiger partial charge >= 0.3 is 11.9 Å². The van der Waals surface area contributed by atoms with Crippen molar-refractivity contribution in [1.82, 2.24) is 0 Å². The predicted octanol–water partition coefficient (Wildman–Crippen LogP) is 5.67. The van der Waals surface area contributed by atoms with Gasteiger partial charge in [-0.1, -0.05) is 63.5 Å². The molecule has 4 unspecified atom stereocenters. The summed E-state index contributed by atoms with van der Waals surface area (Å²) < 4.78 is 0. The smallest absolute Gasteiger partial charge is 0.308 e. The Morgan fingerprint density at radius 1 is 0.731 bits per heavy atom. The molecule has 0 saturated heterocycles. The lowest BCUT2D eigenvalue weighted by molar-refractivity contribution is -0.161. The summed E-state index contributed by atoms with van der Waals surface area (Å²) in [7, 11) is 0. The average Bonchev–Trinajstić information content (AvgIpc) is 2.62. The summed E-state index contributed by atoms with van der Waals surface area (Å²) in [5, 5.41) is 19.5. The van der Waals surface area contributed by atoms with E-state index < -0.39 is 23.8 Å². The minimum Gasteiger partial charge on any atom is -0.481 e. The number of allylic oxidation sites excluding steroid dienone is 2. The summed E-state index contributed by atoms with van der Waals surface area (Å²) in [4.78, 5) is 23.8. The molecule has 1 fully saturated rings. The lowest BCUT2D eigenvalue weighted by atomic mass is 9.55. The summed E-state index contributed by atoms with van der Waals surface area (Å²) >= 11 is 0. The van der Waals surface area contributed by atoms with Crippen LogP contribution < -0.4 is 0 Å². The topological polar surface area (TPSA) is 74.6 Å². The first kappa shape index (κ1) is 21.0. The molecule has 0 aromatic heterocycles. The Hall–Kier alpha value is -1.32. The number of unbranched alkanes of at least 4 members (excludes halogenated alkanes) is 6. The molecule has 0 radical (unpaired) electrons. The van der Waals surface area contributed by atoms with Gasteiger partial charge in [-0.25, -0.2) is 0 Å². The number of carboxylic acids is 2. The molecule has 2 N–H and O–H groups in total. The highest BCUT2D eigenvalue weighted by Crippen LogP contribution is 2.54. The predicted molar refractivity (Wildman–Crippen MR) is 103 cm³/mol. The van der Waals surface area contributed by atoms with Gasteiger partial charge in [0.1, 0.15) is 0 Å². The van der Waals surface area contributed by atoms with Crippen LogP contribution in [0.15, 0.2) is 11.1 Å². The highest BCUT2D eigenvalue weighted by molar-refractivity contribution is 5.82. The van der Waals surface area contributed by atoms with Crippen molar-refractivity contribution in [3.8, 4) is 0 Å². The Labute approximate surface area is 158 Å². The molecule has 4 heteroatoms. The van der Waals surface area contributed by atoms with E-state index in [-0.39, 0.29) is 11.8 Å². The van der Waals surface area contributed by atoms with Crippen LogP contribution in [0.1, 0.15) is 90.9 Å². The Kier molecular flexibility index (Phi) is 8.17. The largest absolute Gasteiger partial charge is 0.481 e. The number of aliphatic carboxylic acids is 2. The summed E-state index contributed by atoms with van der Waals surface area (Å²) in [5.41, 5.74) is 2.66. The fourth-order valence-electron chi connectivity index (χ4n) is 5.30. The quantitative estimate of drug-likeness (QED) is 0.346. The first-order valence-electron chi connectivity index (χ1n) is 10.7. The van der Waals surface area contributed by atoms with Crippen molar-refractivity contribution in [3.05, 3.63) is 11.1 Å². The van der Waals surface area contributed by atoms with Crippen LogP contribution >= 0.6 is 0 Å². The highest BCUT2D eigenvalue weighted by atomic mass is 16.4. The molecule has 0 aromatic carbocycles. The molecular weight excluding hydrogens is 328 g/mol. The summed E-state index contributed by atoms with van der Waals surface area (Å²) in [6.07, 6.45) is 13.0. The minimum absolute atomic E-state index is 0.0543. The number of hydrogen-bond donors (Lipinski definition) is 2. The van der Waals surface area contributed by atoms with Crippen LogP contribution in [0.25, 0.3) is 0 Å². The van der Waals surface area contributed by atoms with E-state index in [1.165, 1.54) is 49.7 Å². The molecule has 0 spiro atoms. The molecule has 0 heterocycles. The van der Waals surface area contributed by atoms with Gasteiger partial charge < -0.3 is 10.2 Å². The molecule has 0 aliphatic heterocycles. The molecule has 3 rings (SSSR count). The van der Waals surface area contributed by atoms with Crippen LogP contribution in [0, 0.1) is 23.7 Å². The van der Waals surface area contributed by atoms with Gasteiger partial charge in [0.2, 0.25) is 0 Å². The lowest BCUT2D eigenvalue weighted by Crippen LogP contribution is -2.49. The van der Waals surface area contributed by atoms with Crippen LogP contribution in [-0.2, 0) is 9.59 Å². The Morgan fingerprint density at radius 3 is 1.42 bits per heavy atom. The third-order valence-corrected chi connectivity index (χ3v) is 6.52. The first-order valence-corrected chi connectivity index (χ1v) is 10.7. The van der Waals surface area contributed by atoms with Gasteiger partial charge in [-0.2, -0.15) is 0 Å². The fourth-order valence-corrected chi connectivity index (χ4v) is 5.30. The third kappa shape index (κ3) is 4.69. The number of fused-ring (bicyclic) bond motifs is 2. The number of carboxylic acid groups (broad SMARTS) is 2. The molecule has 148 valence electrons. The van der Waals surface area contributed by atoms with Crippen molar-refractivity contribution in [2.45, 2.75) is 90.9 Å². The molecular formula is C22H36O4. The molecule has 3 aliphatic carbocycles. The van der Waals surface area contributed by atoms with E-state index in [1.54, 1.807) is 0 Å². The van der Waals surface area contributed by atoms with E-state index in [2.05, 4.69) is 13.8 Å². The van der Waals surface area contributed by atoms with Gasteiger partial charge in [-0.15, -0.1) is 0 Å². The van der Waals surface area contributed by atoms with Gasteiger partial charge in [0.25, 0.3) is 0 Å². The molecule has 3 aliphatic rings. The zero-order valence-electron chi connectivity index (χ0n) is 16.5. The van der Waals surface area contributed by atoms with E-state index >= 15 is 0 Å². The van der Waals surface area contributed by atoms with Crippen LogP contribution in [0.5, 0.6) is 0 Å². The summed E-state index contributed by atoms with van der Waals surface area (Å²) in [6.45, 7) is 4.39. The Morgan fingerprint density at radius 2 is 1.12 bits per heavy atom. The van der Waals surface area contributed by atoms with Gasteiger partial charge in [0.05, 0.1) is 11.8 Å². The third-order valence-electron chi connectivity index (χ3n) is 6.52. The van der Waals surface area contributed by atoms with Gasteiger partial charge in [0.15, 0.2) is 0 Å². The van der Waals surface area contributed by atoms with Crippen molar-refractivity contribution in [2.75, 3.05) is 0 Å². The SMILES string of the molecule is CCCCCCC1=C(CCCCCC)C2CCC1C(C(=O)O)C2C(=O)O. The van der Waals surface area contributed by atoms with E-state index in [0.717, 1.165) is 38.5 Å². The first-order chi connectivity index (χ1) is 12.5. The monoisotopic (exact) mass is 364 g/mol. The van der Waals surface area contributed by atoms with Crippen molar-refractivity contribution in [1.29, 1.82) is 0 Å². The number of rotatable bonds is 12. The molecule has 1 saturated carbocycles.